The predicted octanol–water partition coefficient (Wildman–Crippen LogP) is 0.760. The number of carboxylic acid groups (broad SMARTS) is 1. The van der Waals surface area contributed by atoms with Gasteiger partial charge in [-0.1, -0.05) is 6.92 Å². The van der Waals surface area contributed by atoms with Gasteiger partial charge >= 0.3 is 5.97 Å². The highest BCUT2D eigenvalue weighted by Crippen LogP contribution is 2.12. The van der Waals surface area contributed by atoms with Gasteiger partial charge in [0.25, 0.3) is 0 Å². The molecule has 2 N–H and O–H groups in total. The molecule has 0 aromatic carbocycles. The van der Waals surface area contributed by atoms with E-state index in [0.717, 1.165) is 6.26 Å². The van der Waals surface area contributed by atoms with E-state index in [0.29, 0.717) is 12.1 Å². The Labute approximate surface area is 99.6 Å². The van der Waals surface area contributed by atoms with Crippen molar-refractivity contribution < 1.29 is 18.3 Å². The summed E-state index contributed by atoms with van der Waals surface area (Å²) >= 11 is 0. The molecule has 17 heavy (non-hydrogen) atoms. The maximum absolute atomic E-state index is 11.2. The Hall–Kier alpha value is -1.63. The van der Waals surface area contributed by atoms with Crippen molar-refractivity contribution in [3.63, 3.8) is 0 Å². The van der Waals surface area contributed by atoms with Gasteiger partial charge in [-0.2, -0.15) is 0 Å². The average molecular weight is 258 g/mol. The summed E-state index contributed by atoms with van der Waals surface area (Å²) in [7, 11) is -3.33. The molecule has 0 radical (unpaired) electrons. The molecule has 1 unspecified atom stereocenters. The number of carbonyl (C=O) groups is 1. The number of hydrogen-bond donors (Lipinski definition) is 2. The fourth-order valence-corrected chi connectivity index (χ4v) is 1.78. The summed E-state index contributed by atoms with van der Waals surface area (Å²) in [5.41, 5.74) is 0.478. The summed E-state index contributed by atoms with van der Waals surface area (Å²) in [6.45, 7) is 1.74. The van der Waals surface area contributed by atoms with Crippen molar-refractivity contribution in [2.45, 2.75) is 24.4 Å². The van der Waals surface area contributed by atoms with Crippen molar-refractivity contribution in [2.24, 2.45) is 0 Å². The molecule has 94 valence electrons. The molecular weight excluding hydrogens is 244 g/mol. The van der Waals surface area contributed by atoms with Crippen LogP contribution in [0.15, 0.2) is 23.4 Å². The predicted molar refractivity (Wildman–Crippen MR) is 62.7 cm³/mol. The van der Waals surface area contributed by atoms with E-state index >= 15 is 0 Å². The summed E-state index contributed by atoms with van der Waals surface area (Å²) in [5, 5.41) is 11.6. The Kier molecular flexibility index (Phi) is 4.06. The second kappa shape index (κ2) is 5.13. The van der Waals surface area contributed by atoms with Crippen LogP contribution in [0.25, 0.3) is 0 Å². The normalized spacial score (nSPS) is 13.1. The second-order valence-electron chi connectivity index (χ2n) is 3.60. The maximum Gasteiger partial charge on any atom is 0.326 e. The van der Waals surface area contributed by atoms with Gasteiger partial charge in [0.1, 0.15) is 6.04 Å². The molecule has 1 rings (SSSR count). The number of sulfone groups is 1. The zero-order valence-electron chi connectivity index (χ0n) is 9.54. The molecule has 7 heteroatoms. The lowest BCUT2D eigenvalue weighted by atomic mass is 10.2. The minimum atomic E-state index is -3.33. The van der Waals surface area contributed by atoms with Crippen molar-refractivity contribution in [1.29, 1.82) is 0 Å². The Morgan fingerprint density at radius 1 is 1.53 bits per heavy atom. The summed E-state index contributed by atoms with van der Waals surface area (Å²) in [5.74, 6) is -0.959. The second-order valence-corrected chi connectivity index (χ2v) is 5.56. The van der Waals surface area contributed by atoms with Crippen LogP contribution in [0.4, 0.5) is 5.69 Å². The first kappa shape index (κ1) is 13.4. The number of nitrogens with zero attached hydrogens (tertiary/aromatic N) is 1. The average Bonchev–Trinajstić information content (AvgIpc) is 2.25. The van der Waals surface area contributed by atoms with Gasteiger partial charge in [-0.15, -0.1) is 0 Å². The van der Waals surface area contributed by atoms with Crippen LogP contribution in [-0.2, 0) is 14.6 Å². The summed E-state index contributed by atoms with van der Waals surface area (Å²) in [6.07, 6.45) is 2.79. The summed E-state index contributed by atoms with van der Waals surface area (Å²) in [6, 6.07) is 2.13. The van der Waals surface area contributed by atoms with Crippen LogP contribution in [-0.4, -0.2) is 36.8 Å². The molecule has 0 spiro atoms. The molecule has 0 aliphatic heterocycles. The first-order valence-electron chi connectivity index (χ1n) is 5.00. The number of aromatic nitrogens is 1. The Morgan fingerprint density at radius 3 is 2.53 bits per heavy atom. The molecular formula is C10H14N2O4S. The van der Waals surface area contributed by atoms with E-state index in [4.69, 9.17) is 5.11 Å². The van der Waals surface area contributed by atoms with Crippen molar-refractivity contribution >= 4 is 21.5 Å². The molecule has 0 bridgehead atoms. The SMILES string of the molecule is CCC(Nc1ccc(S(C)(=O)=O)nc1)C(=O)O. The first-order valence-corrected chi connectivity index (χ1v) is 6.89. The molecule has 0 saturated carbocycles. The van der Waals surface area contributed by atoms with Crippen LogP contribution < -0.4 is 5.32 Å². The molecule has 0 saturated heterocycles. The Bertz CT molecular complexity index is 496. The lowest BCUT2D eigenvalue weighted by Crippen LogP contribution is -2.28. The topological polar surface area (TPSA) is 96.4 Å². The number of nitrogens with one attached hydrogen (secondary N) is 1. The minimum absolute atomic E-state index is 0.0357. The first-order chi connectivity index (χ1) is 7.84. The third-order valence-corrected chi connectivity index (χ3v) is 3.16. The zero-order chi connectivity index (χ0) is 13.1. The van der Waals surface area contributed by atoms with E-state index in [1.807, 2.05) is 0 Å². The van der Waals surface area contributed by atoms with Gasteiger partial charge in [0.05, 0.1) is 11.9 Å². The van der Waals surface area contributed by atoms with Gasteiger partial charge in [0.2, 0.25) is 0 Å². The number of hydrogen-bond acceptors (Lipinski definition) is 5. The molecule has 0 aliphatic rings. The number of rotatable bonds is 5. The largest absolute Gasteiger partial charge is 0.480 e. The molecule has 6 nitrogen and oxygen atoms in total. The smallest absolute Gasteiger partial charge is 0.326 e. The van der Waals surface area contributed by atoms with Gasteiger partial charge in [0.15, 0.2) is 14.9 Å². The molecule has 0 fully saturated rings. The van der Waals surface area contributed by atoms with Crippen LogP contribution >= 0.6 is 0 Å². The van der Waals surface area contributed by atoms with Crippen molar-refractivity contribution in [3.05, 3.63) is 18.3 Å². The van der Waals surface area contributed by atoms with Gasteiger partial charge < -0.3 is 10.4 Å². The third-order valence-electron chi connectivity index (χ3n) is 2.16. The van der Waals surface area contributed by atoms with Crippen LogP contribution in [0.5, 0.6) is 0 Å². The van der Waals surface area contributed by atoms with E-state index in [1.54, 1.807) is 6.92 Å². The van der Waals surface area contributed by atoms with E-state index in [-0.39, 0.29) is 5.03 Å². The molecule has 1 aromatic rings. The highest BCUT2D eigenvalue weighted by molar-refractivity contribution is 7.90. The van der Waals surface area contributed by atoms with E-state index < -0.39 is 21.8 Å². The van der Waals surface area contributed by atoms with Crippen molar-refractivity contribution in [1.82, 2.24) is 4.98 Å². The third kappa shape index (κ3) is 3.70. The summed E-state index contributed by atoms with van der Waals surface area (Å²) in [4.78, 5) is 14.5. The fourth-order valence-electron chi connectivity index (χ4n) is 1.22. The lowest BCUT2D eigenvalue weighted by Gasteiger charge is -2.13. The monoisotopic (exact) mass is 258 g/mol. The van der Waals surface area contributed by atoms with Gasteiger partial charge in [-0.3, -0.25) is 0 Å². The molecule has 1 aromatic heterocycles. The highest BCUT2D eigenvalue weighted by Gasteiger charge is 2.15. The number of aliphatic carboxylic acids is 1. The fraction of sp³-hybridized carbons (Fsp3) is 0.400. The standard InChI is InChI=1S/C10H14N2O4S/c1-3-8(10(13)14)12-7-4-5-9(11-6-7)17(2,15)16/h4-6,8,12H,3H2,1-2H3,(H,13,14). The molecule has 1 heterocycles. The van der Waals surface area contributed by atoms with Crippen LogP contribution in [0.1, 0.15) is 13.3 Å². The van der Waals surface area contributed by atoms with Gasteiger partial charge in [-0.05, 0) is 18.6 Å². The lowest BCUT2D eigenvalue weighted by molar-refractivity contribution is -0.137. The van der Waals surface area contributed by atoms with Crippen LogP contribution in [0, 0.1) is 0 Å². The molecule has 1 atom stereocenters. The number of pyridine rings is 1. The van der Waals surface area contributed by atoms with E-state index in [9.17, 15) is 13.2 Å². The van der Waals surface area contributed by atoms with Crippen molar-refractivity contribution in [2.75, 3.05) is 11.6 Å². The van der Waals surface area contributed by atoms with E-state index in [2.05, 4.69) is 10.3 Å². The van der Waals surface area contributed by atoms with Crippen LogP contribution in [0.3, 0.4) is 0 Å². The van der Waals surface area contributed by atoms with Crippen LogP contribution in [0.2, 0.25) is 0 Å². The highest BCUT2D eigenvalue weighted by atomic mass is 32.2. The minimum Gasteiger partial charge on any atom is -0.480 e. The van der Waals surface area contributed by atoms with Gasteiger partial charge in [0, 0.05) is 6.26 Å². The van der Waals surface area contributed by atoms with E-state index in [1.165, 1.54) is 18.3 Å². The Balaban J connectivity index is 2.85. The Morgan fingerprint density at radius 2 is 2.18 bits per heavy atom. The zero-order valence-corrected chi connectivity index (χ0v) is 10.4. The van der Waals surface area contributed by atoms with Gasteiger partial charge in [-0.25, -0.2) is 18.2 Å². The van der Waals surface area contributed by atoms with Crippen molar-refractivity contribution in [3.8, 4) is 0 Å². The summed E-state index contributed by atoms with van der Waals surface area (Å²) < 4.78 is 22.3. The molecule has 0 amide bonds. The quantitative estimate of drug-likeness (QED) is 0.809. The number of carboxylic acids is 1. The number of anilines is 1. The maximum atomic E-state index is 11.2. The molecule has 0 aliphatic carbocycles.